The van der Waals surface area contributed by atoms with E-state index in [1.54, 1.807) is 36.4 Å². The van der Waals surface area contributed by atoms with E-state index < -0.39 is 17.1 Å². The molecule has 2 heterocycles. The Labute approximate surface area is 165 Å². The lowest BCUT2D eigenvalue weighted by Crippen LogP contribution is -2.27. The zero-order chi connectivity index (χ0) is 20.1. The van der Waals surface area contributed by atoms with E-state index in [1.165, 1.54) is 19.2 Å². The number of carbonyl (C=O) groups excluding carboxylic acids is 3. The van der Waals surface area contributed by atoms with Gasteiger partial charge in [0.1, 0.15) is 18.1 Å². The minimum atomic E-state index is -0.624. The van der Waals surface area contributed by atoms with E-state index in [2.05, 4.69) is 11.3 Å². The maximum absolute atomic E-state index is 12.6. The molecule has 8 heteroatoms. The Morgan fingerprint density at radius 2 is 1.96 bits per heavy atom. The molecule has 0 bridgehead atoms. The van der Waals surface area contributed by atoms with Gasteiger partial charge in [0.2, 0.25) is 5.76 Å². The number of rotatable bonds is 7. The Morgan fingerprint density at radius 3 is 2.64 bits per heavy atom. The highest BCUT2D eigenvalue weighted by atomic mass is 32.2. The van der Waals surface area contributed by atoms with Gasteiger partial charge in [-0.2, -0.15) is 0 Å². The van der Waals surface area contributed by atoms with Gasteiger partial charge in [0.25, 0.3) is 11.1 Å². The molecule has 28 heavy (non-hydrogen) atoms. The Kier molecular flexibility index (Phi) is 6.00. The van der Waals surface area contributed by atoms with Crippen LogP contribution < -0.4 is 4.74 Å². The molecule has 7 nitrogen and oxygen atoms in total. The van der Waals surface area contributed by atoms with Crippen molar-refractivity contribution < 1.29 is 28.3 Å². The second-order valence-corrected chi connectivity index (χ2v) is 6.69. The molecule has 0 aliphatic carbocycles. The third-order valence-electron chi connectivity index (χ3n) is 3.78. The fraction of sp³-hybridized carbons (Fsp3) is 0.150. The number of benzene rings is 1. The van der Waals surface area contributed by atoms with Crippen molar-refractivity contribution in [1.82, 2.24) is 4.90 Å². The van der Waals surface area contributed by atoms with E-state index in [0.29, 0.717) is 23.0 Å². The third kappa shape index (κ3) is 4.34. The highest BCUT2D eigenvalue weighted by Gasteiger charge is 2.35. The Hall–Kier alpha value is -3.26. The highest BCUT2D eigenvalue weighted by molar-refractivity contribution is 8.18. The Balaban J connectivity index is 1.70. The van der Waals surface area contributed by atoms with Crippen LogP contribution in [0.5, 0.6) is 5.75 Å². The van der Waals surface area contributed by atoms with Gasteiger partial charge in [0, 0.05) is 0 Å². The van der Waals surface area contributed by atoms with E-state index in [9.17, 15) is 14.4 Å². The van der Waals surface area contributed by atoms with Crippen molar-refractivity contribution in [2.45, 2.75) is 6.54 Å². The zero-order valence-corrected chi connectivity index (χ0v) is 15.9. The number of carbonyl (C=O) groups is 3. The number of nitrogens with zero attached hydrogens (tertiary/aromatic N) is 1. The molecule has 0 radical (unpaired) electrons. The van der Waals surface area contributed by atoms with Crippen molar-refractivity contribution in [3.8, 4) is 5.75 Å². The molecule has 0 atom stereocenters. The molecule has 2 aromatic rings. The maximum Gasteiger partial charge on any atom is 0.373 e. The van der Waals surface area contributed by atoms with Crippen LogP contribution >= 0.6 is 11.8 Å². The number of esters is 1. The Morgan fingerprint density at radius 1 is 1.21 bits per heavy atom. The first-order valence-electron chi connectivity index (χ1n) is 8.28. The minimum Gasteiger partial charge on any atom is -0.490 e. The van der Waals surface area contributed by atoms with E-state index in [0.717, 1.165) is 22.2 Å². The van der Waals surface area contributed by atoms with Crippen molar-refractivity contribution in [2.75, 3.05) is 13.7 Å². The summed E-state index contributed by atoms with van der Waals surface area (Å²) in [5.74, 6) is -0.0327. The molecule has 0 unspecified atom stereocenters. The van der Waals surface area contributed by atoms with E-state index in [1.807, 2.05) is 0 Å². The van der Waals surface area contributed by atoms with Gasteiger partial charge in [-0.3, -0.25) is 14.5 Å². The number of thioether (sulfide) groups is 1. The fourth-order valence-corrected chi connectivity index (χ4v) is 3.27. The summed E-state index contributed by atoms with van der Waals surface area (Å²) in [4.78, 5) is 37.6. The summed E-state index contributed by atoms with van der Waals surface area (Å²) in [5.41, 5.74) is 0.766. The van der Waals surface area contributed by atoms with Gasteiger partial charge in [-0.1, -0.05) is 24.8 Å². The van der Waals surface area contributed by atoms with Crippen molar-refractivity contribution in [1.29, 1.82) is 0 Å². The molecule has 2 amide bonds. The lowest BCUT2D eigenvalue weighted by atomic mass is 10.2. The van der Waals surface area contributed by atoms with Crippen LogP contribution in [0.1, 0.15) is 21.9 Å². The molecule has 1 aromatic carbocycles. The number of furan rings is 1. The molecule has 144 valence electrons. The van der Waals surface area contributed by atoms with Gasteiger partial charge in [-0.25, -0.2) is 4.79 Å². The average molecular weight is 399 g/mol. The molecule has 0 spiro atoms. The van der Waals surface area contributed by atoms with Crippen LogP contribution in [0.4, 0.5) is 4.79 Å². The summed E-state index contributed by atoms with van der Waals surface area (Å²) in [6.45, 7) is 3.93. The van der Waals surface area contributed by atoms with Crippen molar-refractivity contribution >= 4 is 35.0 Å². The van der Waals surface area contributed by atoms with E-state index in [-0.39, 0.29) is 12.3 Å². The molecule has 1 saturated heterocycles. The topological polar surface area (TPSA) is 86.1 Å². The lowest BCUT2D eigenvalue weighted by Gasteiger charge is -2.09. The molecular formula is C20H17NO6S. The largest absolute Gasteiger partial charge is 0.490 e. The van der Waals surface area contributed by atoms with Crippen LogP contribution in [0.2, 0.25) is 0 Å². The first-order valence-corrected chi connectivity index (χ1v) is 9.09. The van der Waals surface area contributed by atoms with E-state index in [4.69, 9.17) is 9.15 Å². The summed E-state index contributed by atoms with van der Waals surface area (Å²) in [5, 5.41) is -0.404. The molecule has 1 aliphatic rings. The number of imide groups is 1. The number of ether oxygens (including phenoxy) is 2. The Bertz CT molecular complexity index is 944. The van der Waals surface area contributed by atoms with Crippen LogP contribution in [0, 0.1) is 0 Å². The first kappa shape index (κ1) is 19.5. The van der Waals surface area contributed by atoms with Gasteiger partial charge < -0.3 is 13.9 Å². The summed E-state index contributed by atoms with van der Waals surface area (Å²) < 4.78 is 15.3. The molecule has 1 aromatic heterocycles. The number of hydrogen-bond donors (Lipinski definition) is 0. The normalized spacial score (nSPS) is 15.2. The molecular weight excluding hydrogens is 382 g/mol. The molecule has 1 fully saturated rings. The number of methoxy groups -OCH3 is 1. The second kappa shape index (κ2) is 8.62. The predicted octanol–water partition coefficient (Wildman–Crippen LogP) is 3.87. The smallest absolute Gasteiger partial charge is 0.373 e. The van der Waals surface area contributed by atoms with E-state index >= 15 is 0 Å². The zero-order valence-electron chi connectivity index (χ0n) is 15.0. The first-order chi connectivity index (χ1) is 13.5. The number of amides is 2. The van der Waals surface area contributed by atoms with Crippen LogP contribution in [0.15, 0.2) is 58.4 Å². The van der Waals surface area contributed by atoms with Crippen molar-refractivity contribution in [3.05, 3.63) is 71.0 Å². The predicted molar refractivity (Wildman–Crippen MR) is 104 cm³/mol. The molecule has 0 N–H and O–H groups in total. The summed E-state index contributed by atoms with van der Waals surface area (Å²) in [7, 11) is 1.24. The summed E-state index contributed by atoms with van der Waals surface area (Å²) >= 11 is 0.852. The standard InChI is InChI=1S/C20H17NO6S/c1-3-10-26-14-6-4-13(5-7-14)11-17-18(22)21(20(24)28-17)12-15-8-9-16(27-15)19(23)25-2/h3-9,11H,1,10,12H2,2H3. The lowest BCUT2D eigenvalue weighted by molar-refractivity contribution is -0.123. The second-order valence-electron chi connectivity index (χ2n) is 5.69. The summed E-state index contributed by atoms with van der Waals surface area (Å²) in [6.07, 6.45) is 3.29. The quantitative estimate of drug-likeness (QED) is 0.397. The monoisotopic (exact) mass is 399 g/mol. The van der Waals surface area contributed by atoms with Crippen molar-refractivity contribution in [2.24, 2.45) is 0 Å². The SMILES string of the molecule is C=CCOc1ccc(C=C2SC(=O)N(Cc3ccc(C(=O)OC)o3)C2=O)cc1. The third-order valence-corrected chi connectivity index (χ3v) is 4.69. The van der Waals surface area contributed by atoms with Crippen LogP contribution in [-0.4, -0.2) is 35.7 Å². The minimum absolute atomic E-state index is 0.0128. The molecule has 1 aliphatic heterocycles. The average Bonchev–Trinajstić information content (AvgIpc) is 3.27. The van der Waals surface area contributed by atoms with Gasteiger partial charge in [0.15, 0.2) is 0 Å². The molecule has 3 rings (SSSR count). The van der Waals surface area contributed by atoms with Crippen LogP contribution in [-0.2, 0) is 16.1 Å². The van der Waals surface area contributed by atoms with Gasteiger partial charge in [-0.05, 0) is 47.7 Å². The van der Waals surface area contributed by atoms with Crippen molar-refractivity contribution in [3.63, 3.8) is 0 Å². The van der Waals surface area contributed by atoms with Gasteiger partial charge >= 0.3 is 5.97 Å². The van der Waals surface area contributed by atoms with Crippen LogP contribution in [0.3, 0.4) is 0 Å². The van der Waals surface area contributed by atoms with Gasteiger partial charge in [0.05, 0.1) is 18.6 Å². The van der Waals surface area contributed by atoms with Gasteiger partial charge in [-0.15, -0.1) is 0 Å². The highest BCUT2D eigenvalue weighted by Crippen LogP contribution is 2.33. The summed E-state index contributed by atoms with van der Waals surface area (Å²) in [6, 6.07) is 10.1. The fourth-order valence-electron chi connectivity index (χ4n) is 2.43. The maximum atomic E-state index is 12.6. The molecule has 0 saturated carbocycles. The number of hydrogen-bond acceptors (Lipinski definition) is 7. The van der Waals surface area contributed by atoms with Crippen LogP contribution in [0.25, 0.3) is 6.08 Å².